The van der Waals surface area contributed by atoms with Crippen LogP contribution in [0, 0.1) is 6.92 Å². The molecule has 17 heavy (non-hydrogen) atoms. The number of nitrogens with one attached hydrogen (secondary N) is 1. The first-order chi connectivity index (χ1) is 8.19. The van der Waals surface area contributed by atoms with E-state index in [9.17, 15) is 0 Å². The van der Waals surface area contributed by atoms with Gasteiger partial charge < -0.3 is 14.6 Å². The van der Waals surface area contributed by atoms with Crippen LogP contribution in [-0.2, 0) is 0 Å². The van der Waals surface area contributed by atoms with Crippen LogP contribution in [-0.4, -0.2) is 22.2 Å². The van der Waals surface area contributed by atoms with Crippen molar-refractivity contribution in [3.05, 3.63) is 30.0 Å². The summed E-state index contributed by atoms with van der Waals surface area (Å²) >= 11 is 0. The number of hydrogen-bond acceptors (Lipinski definition) is 6. The van der Waals surface area contributed by atoms with Gasteiger partial charge in [0.2, 0.25) is 11.8 Å². The highest BCUT2D eigenvalue weighted by Crippen LogP contribution is 2.18. The average molecular weight is 234 g/mol. The van der Waals surface area contributed by atoms with Crippen molar-refractivity contribution in [2.75, 3.05) is 12.4 Å². The van der Waals surface area contributed by atoms with E-state index in [2.05, 4.69) is 20.4 Å². The maximum Gasteiger partial charge on any atom is 0.248 e. The Morgan fingerprint density at radius 2 is 2.24 bits per heavy atom. The summed E-state index contributed by atoms with van der Waals surface area (Å²) in [4.78, 5) is 8.25. The van der Waals surface area contributed by atoms with Gasteiger partial charge in [-0.3, -0.25) is 0 Å². The molecule has 0 amide bonds. The smallest absolute Gasteiger partial charge is 0.248 e. The lowest BCUT2D eigenvalue weighted by atomic mass is 10.3. The van der Waals surface area contributed by atoms with E-state index in [-0.39, 0.29) is 6.04 Å². The number of hydrogen-bond donors (Lipinski definition) is 1. The fourth-order valence-electron chi connectivity index (χ4n) is 1.39. The largest absolute Gasteiger partial charge is 0.481 e. The Morgan fingerprint density at radius 3 is 2.76 bits per heavy atom. The van der Waals surface area contributed by atoms with Crippen LogP contribution in [0.2, 0.25) is 0 Å². The monoisotopic (exact) mass is 234 g/mol. The average Bonchev–Trinajstić information content (AvgIpc) is 2.77. The van der Waals surface area contributed by atoms with Gasteiger partial charge in [0.05, 0.1) is 19.0 Å². The second-order valence-electron chi connectivity index (χ2n) is 3.64. The summed E-state index contributed by atoms with van der Waals surface area (Å²) in [5, 5.41) is 6.95. The zero-order chi connectivity index (χ0) is 12.3. The molecule has 0 bridgehead atoms. The molecule has 2 heterocycles. The first-order valence-corrected chi connectivity index (χ1v) is 5.26. The molecule has 6 nitrogen and oxygen atoms in total. The van der Waals surface area contributed by atoms with Gasteiger partial charge >= 0.3 is 0 Å². The topological polar surface area (TPSA) is 73.1 Å². The summed E-state index contributed by atoms with van der Waals surface area (Å²) in [7, 11) is 1.58. The molecule has 90 valence electrons. The predicted molar refractivity (Wildman–Crippen MR) is 61.9 cm³/mol. The van der Waals surface area contributed by atoms with Gasteiger partial charge in [-0.05, 0) is 19.9 Å². The fourth-order valence-corrected chi connectivity index (χ4v) is 1.39. The highest BCUT2D eigenvalue weighted by molar-refractivity contribution is 5.43. The lowest BCUT2D eigenvalue weighted by molar-refractivity contribution is 0.364. The molecule has 1 unspecified atom stereocenters. The molecule has 6 heteroatoms. The van der Waals surface area contributed by atoms with Crippen molar-refractivity contribution in [1.82, 2.24) is 15.1 Å². The maximum absolute atomic E-state index is 5.07. The summed E-state index contributed by atoms with van der Waals surface area (Å²) in [6.07, 6.45) is 1.69. The molecule has 0 fully saturated rings. The van der Waals surface area contributed by atoms with E-state index in [1.165, 1.54) is 0 Å². The van der Waals surface area contributed by atoms with Crippen molar-refractivity contribution in [1.29, 1.82) is 0 Å². The van der Waals surface area contributed by atoms with Crippen molar-refractivity contribution in [3.8, 4) is 5.88 Å². The van der Waals surface area contributed by atoms with Gasteiger partial charge in [0.15, 0.2) is 5.82 Å². The molecule has 2 rings (SSSR count). The molecule has 2 aromatic heterocycles. The quantitative estimate of drug-likeness (QED) is 0.871. The van der Waals surface area contributed by atoms with Crippen molar-refractivity contribution in [2.24, 2.45) is 0 Å². The van der Waals surface area contributed by atoms with Crippen LogP contribution in [0.5, 0.6) is 5.88 Å². The molecule has 0 aliphatic rings. The van der Waals surface area contributed by atoms with Gasteiger partial charge in [-0.2, -0.15) is 4.98 Å². The van der Waals surface area contributed by atoms with Crippen LogP contribution in [0.3, 0.4) is 0 Å². The standard InChI is InChI=1S/C11H14N4O2/c1-7(11-14-8(2)15-17-11)13-9-4-5-10(16-3)12-6-9/h4-7,13H,1-3H3. The number of nitrogens with zero attached hydrogens (tertiary/aromatic N) is 3. The van der Waals surface area contributed by atoms with E-state index >= 15 is 0 Å². The molecular formula is C11H14N4O2. The molecule has 1 atom stereocenters. The van der Waals surface area contributed by atoms with Crippen molar-refractivity contribution in [3.63, 3.8) is 0 Å². The zero-order valence-electron chi connectivity index (χ0n) is 9.97. The van der Waals surface area contributed by atoms with Gasteiger partial charge in [-0.15, -0.1) is 0 Å². The van der Waals surface area contributed by atoms with Crippen molar-refractivity contribution >= 4 is 5.69 Å². The van der Waals surface area contributed by atoms with Gasteiger partial charge in [0.25, 0.3) is 0 Å². The second-order valence-corrected chi connectivity index (χ2v) is 3.64. The predicted octanol–water partition coefficient (Wildman–Crippen LogP) is 1.95. The molecule has 0 spiro atoms. The first-order valence-electron chi connectivity index (χ1n) is 5.26. The number of methoxy groups -OCH3 is 1. The minimum atomic E-state index is -0.0635. The molecule has 0 aromatic carbocycles. The Kier molecular flexibility index (Phi) is 3.22. The van der Waals surface area contributed by atoms with Crippen LogP contribution in [0.1, 0.15) is 24.7 Å². The van der Waals surface area contributed by atoms with Crippen LogP contribution < -0.4 is 10.1 Å². The van der Waals surface area contributed by atoms with Crippen molar-refractivity contribution < 1.29 is 9.26 Å². The number of rotatable bonds is 4. The minimum absolute atomic E-state index is 0.0635. The van der Waals surface area contributed by atoms with Crippen LogP contribution in [0.15, 0.2) is 22.9 Å². The summed E-state index contributed by atoms with van der Waals surface area (Å²) in [6, 6.07) is 3.60. The van der Waals surface area contributed by atoms with E-state index in [1.54, 1.807) is 26.3 Å². The molecule has 1 N–H and O–H groups in total. The van der Waals surface area contributed by atoms with E-state index in [0.717, 1.165) is 5.69 Å². The lowest BCUT2D eigenvalue weighted by Crippen LogP contribution is -2.07. The van der Waals surface area contributed by atoms with Gasteiger partial charge in [0, 0.05) is 6.07 Å². The Bertz CT molecular complexity index is 480. The SMILES string of the molecule is COc1ccc(NC(C)c2nc(C)no2)cn1. The first kappa shape index (κ1) is 11.4. The van der Waals surface area contributed by atoms with Crippen LogP contribution in [0.4, 0.5) is 5.69 Å². The molecular weight excluding hydrogens is 220 g/mol. The third-order valence-electron chi connectivity index (χ3n) is 2.24. The van der Waals surface area contributed by atoms with Crippen LogP contribution >= 0.6 is 0 Å². The van der Waals surface area contributed by atoms with E-state index in [0.29, 0.717) is 17.6 Å². The third-order valence-corrected chi connectivity index (χ3v) is 2.24. The summed E-state index contributed by atoms with van der Waals surface area (Å²) in [6.45, 7) is 3.73. The van der Waals surface area contributed by atoms with E-state index < -0.39 is 0 Å². The normalized spacial score (nSPS) is 12.2. The number of pyridine rings is 1. The van der Waals surface area contributed by atoms with Gasteiger partial charge in [0.1, 0.15) is 6.04 Å². The third kappa shape index (κ3) is 2.72. The molecule has 0 saturated carbocycles. The Labute approximate surface area is 99.0 Å². The van der Waals surface area contributed by atoms with E-state index in [4.69, 9.17) is 9.26 Å². The Hall–Kier alpha value is -2.11. The molecule has 0 radical (unpaired) electrons. The number of anilines is 1. The number of aromatic nitrogens is 3. The number of ether oxygens (including phenoxy) is 1. The molecule has 2 aromatic rings. The van der Waals surface area contributed by atoms with Gasteiger partial charge in [-0.1, -0.05) is 5.16 Å². The summed E-state index contributed by atoms with van der Waals surface area (Å²) in [5.41, 5.74) is 0.870. The van der Waals surface area contributed by atoms with Gasteiger partial charge in [-0.25, -0.2) is 4.98 Å². The van der Waals surface area contributed by atoms with Crippen molar-refractivity contribution in [2.45, 2.75) is 19.9 Å². The zero-order valence-corrected chi connectivity index (χ0v) is 9.97. The fraction of sp³-hybridized carbons (Fsp3) is 0.364. The van der Waals surface area contributed by atoms with Crippen LogP contribution in [0.25, 0.3) is 0 Å². The highest BCUT2D eigenvalue weighted by Gasteiger charge is 2.12. The summed E-state index contributed by atoms with van der Waals surface area (Å²) < 4.78 is 10.1. The second kappa shape index (κ2) is 4.82. The Balaban J connectivity index is 2.04. The minimum Gasteiger partial charge on any atom is -0.481 e. The molecule has 0 aliphatic carbocycles. The van der Waals surface area contributed by atoms with E-state index in [1.807, 2.05) is 13.0 Å². The molecule has 0 saturated heterocycles. The maximum atomic E-state index is 5.07. The highest BCUT2D eigenvalue weighted by atomic mass is 16.5. The lowest BCUT2D eigenvalue weighted by Gasteiger charge is -2.10. The Morgan fingerprint density at radius 1 is 1.41 bits per heavy atom. The molecule has 0 aliphatic heterocycles. The number of aryl methyl sites for hydroxylation is 1. The summed E-state index contributed by atoms with van der Waals surface area (Å²) in [5.74, 6) is 1.76.